The van der Waals surface area contributed by atoms with Crippen LogP contribution in [0.3, 0.4) is 0 Å². The number of nitrogens with two attached hydrogens (primary N) is 1. The first-order chi connectivity index (χ1) is 15.9. The summed E-state index contributed by atoms with van der Waals surface area (Å²) >= 11 is 13.5. The number of piperidine rings is 1. The van der Waals surface area contributed by atoms with Gasteiger partial charge in [0.25, 0.3) is 0 Å². The minimum Gasteiger partial charge on any atom is -0.427 e. The van der Waals surface area contributed by atoms with Crippen molar-refractivity contribution in [3.63, 3.8) is 0 Å². The number of likely N-dealkylation sites (tertiary alicyclic amines) is 1. The fourth-order valence-corrected chi connectivity index (χ4v) is 8.44. The van der Waals surface area contributed by atoms with Crippen LogP contribution in [-0.4, -0.2) is 58.4 Å². The van der Waals surface area contributed by atoms with E-state index in [0.29, 0.717) is 18.3 Å². The van der Waals surface area contributed by atoms with Crippen molar-refractivity contribution in [2.75, 3.05) is 19.6 Å². The van der Waals surface area contributed by atoms with Crippen LogP contribution in [-0.2, 0) is 4.79 Å². The lowest BCUT2D eigenvalue weighted by Gasteiger charge is -2.45. The Morgan fingerprint density at radius 2 is 1.58 bits per heavy atom. The average Bonchev–Trinajstić information content (AvgIpc) is 2.85. The second-order valence-corrected chi connectivity index (χ2v) is 12.6. The molecule has 3 aliphatic carbocycles. The topological polar surface area (TPSA) is 86.8 Å². The monoisotopic (exact) mass is 500 g/mol. The van der Waals surface area contributed by atoms with Crippen molar-refractivity contribution in [3.8, 4) is 0 Å². The maximum atomic E-state index is 13.5. The lowest BCUT2D eigenvalue weighted by Crippen LogP contribution is -2.48. The SMILES string of the molecule is NCC1CCCC(C2CCN(C(=O)C3CC(Cl)C(Cl)C(C4CCCC(B(O)O)C4)C3)CC2)C1. The van der Waals surface area contributed by atoms with Crippen LogP contribution in [0.1, 0.15) is 77.0 Å². The summed E-state index contributed by atoms with van der Waals surface area (Å²) in [5, 5.41) is 19.0. The Bertz CT molecular complexity index is 649. The molecule has 1 aliphatic heterocycles. The average molecular weight is 501 g/mol. The molecule has 1 heterocycles. The van der Waals surface area contributed by atoms with Crippen LogP contribution in [0.2, 0.25) is 5.82 Å². The van der Waals surface area contributed by atoms with Crippen LogP contribution in [0, 0.1) is 35.5 Å². The van der Waals surface area contributed by atoms with E-state index in [1.54, 1.807) is 0 Å². The van der Waals surface area contributed by atoms with Crippen molar-refractivity contribution in [2.24, 2.45) is 41.2 Å². The quantitative estimate of drug-likeness (QED) is 0.388. The molecule has 0 aromatic heterocycles. The third-order valence-corrected chi connectivity index (χ3v) is 10.8. The van der Waals surface area contributed by atoms with Gasteiger partial charge in [-0.1, -0.05) is 32.1 Å². The fourth-order valence-electron chi connectivity index (χ4n) is 7.63. The summed E-state index contributed by atoms with van der Waals surface area (Å²) in [6.45, 7) is 2.55. The zero-order chi connectivity index (χ0) is 23.5. The number of nitrogens with zero attached hydrogens (tertiary/aromatic N) is 1. The number of amides is 1. The molecule has 1 amide bonds. The van der Waals surface area contributed by atoms with Crippen molar-refractivity contribution in [1.82, 2.24) is 4.90 Å². The minimum atomic E-state index is -1.26. The summed E-state index contributed by atoms with van der Waals surface area (Å²) in [4.78, 5) is 15.6. The van der Waals surface area contributed by atoms with Gasteiger partial charge in [-0.3, -0.25) is 4.79 Å². The maximum Gasteiger partial charge on any atom is 0.454 e. The van der Waals surface area contributed by atoms with Crippen LogP contribution in [0.15, 0.2) is 0 Å². The number of halogens is 2. The van der Waals surface area contributed by atoms with E-state index < -0.39 is 7.12 Å². The molecule has 3 saturated carbocycles. The molecule has 0 aromatic rings. The molecular weight excluding hydrogens is 458 g/mol. The highest BCUT2D eigenvalue weighted by atomic mass is 35.5. The fraction of sp³-hybridized carbons (Fsp3) is 0.960. The number of carbonyl (C=O) groups is 1. The first-order valence-corrected chi connectivity index (χ1v) is 14.4. The molecule has 4 rings (SSSR count). The van der Waals surface area contributed by atoms with Crippen LogP contribution >= 0.6 is 23.2 Å². The van der Waals surface area contributed by atoms with Crippen LogP contribution in [0.5, 0.6) is 0 Å². The van der Waals surface area contributed by atoms with Crippen LogP contribution in [0.25, 0.3) is 0 Å². The van der Waals surface area contributed by atoms with Gasteiger partial charge in [0.1, 0.15) is 0 Å². The van der Waals surface area contributed by atoms with E-state index in [-0.39, 0.29) is 34.3 Å². The minimum absolute atomic E-state index is 0.0558. The van der Waals surface area contributed by atoms with Gasteiger partial charge in [-0.05, 0) is 86.9 Å². The molecule has 188 valence electrons. The van der Waals surface area contributed by atoms with Gasteiger partial charge in [0.15, 0.2) is 0 Å². The molecular formula is C25H43BCl2N2O3. The molecule has 4 fully saturated rings. The number of hydrogen-bond donors (Lipinski definition) is 3. The van der Waals surface area contributed by atoms with Gasteiger partial charge < -0.3 is 20.7 Å². The summed E-state index contributed by atoms with van der Waals surface area (Å²) < 4.78 is 0. The Morgan fingerprint density at radius 1 is 0.879 bits per heavy atom. The van der Waals surface area contributed by atoms with Crippen molar-refractivity contribution < 1.29 is 14.8 Å². The Kier molecular flexibility index (Phi) is 9.34. The summed E-state index contributed by atoms with van der Waals surface area (Å²) in [5.74, 6) is 2.83. The van der Waals surface area contributed by atoms with E-state index >= 15 is 0 Å². The lowest BCUT2D eigenvalue weighted by atomic mass is 9.59. The van der Waals surface area contributed by atoms with Crippen LogP contribution in [0.4, 0.5) is 0 Å². The predicted octanol–water partition coefficient (Wildman–Crippen LogP) is 4.26. The van der Waals surface area contributed by atoms with Crippen molar-refractivity contribution in [1.29, 1.82) is 0 Å². The summed E-state index contributed by atoms with van der Waals surface area (Å²) in [7, 11) is -1.26. The molecule has 4 aliphatic rings. The van der Waals surface area contributed by atoms with Crippen molar-refractivity contribution >= 4 is 36.2 Å². The molecule has 5 nitrogen and oxygen atoms in total. The van der Waals surface area contributed by atoms with E-state index in [4.69, 9.17) is 28.9 Å². The highest BCUT2D eigenvalue weighted by molar-refractivity contribution is 6.43. The molecule has 0 bridgehead atoms. The number of hydrogen-bond acceptors (Lipinski definition) is 4. The lowest BCUT2D eigenvalue weighted by molar-refractivity contribution is -0.139. The van der Waals surface area contributed by atoms with E-state index in [0.717, 1.165) is 76.4 Å². The van der Waals surface area contributed by atoms with Gasteiger partial charge >= 0.3 is 7.12 Å². The molecule has 0 aromatic carbocycles. The van der Waals surface area contributed by atoms with Crippen molar-refractivity contribution in [2.45, 2.75) is 93.6 Å². The largest absolute Gasteiger partial charge is 0.454 e. The van der Waals surface area contributed by atoms with Gasteiger partial charge in [0.05, 0.1) is 10.8 Å². The third kappa shape index (κ3) is 6.23. The Balaban J connectivity index is 1.32. The number of rotatable bonds is 5. The zero-order valence-electron chi connectivity index (χ0n) is 20.0. The third-order valence-electron chi connectivity index (χ3n) is 9.63. The predicted molar refractivity (Wildman–Crippen MR) is 135 cm³/mol. The number of carbonyl (C=O) groups excluding carboxylic acids is 1. The number of alkyl halides is 2. The molecule has 0 spiro atoms. The van der Waals surface area contributed by atoms with Gasteiger partial charge in [0.2, 0.25) is 5.91 Å². The van der Waals surface area contributed by atoms with Crippen molar-refractivity contribution in [3.05, 3.63) is 0 Å². The summed E-state index contributed by atoms with van der Waals surface area (Å²) in [6, 6.07) is 0. The highest BCUT2D eigenvalue weighted by Crippen LogP contribution is 2.47. The smallest absolute Gasteiger partial charge is 0.427 e. The van der Waals surface area contributed by atoms with Gasteiger partial charge in [-0.15, -0.1) is 23.2 Å². The first-order valence-electron chi connectivity index (χ1n) is 13.5. The van der Waals surface area contributed by atoms with E-state index in [9.17, 15) is 14.8 Å². The second-order valence-electron chi connectivity index (χ2n) is 11.6. The Labute approximate surface area is 210 Å². The van der Waals surface area contributed by atoms with E-state index in [1.807, 2.05) is 0 Å². The maximum absolute atomic E-state index is 13.5. The molecule has 0 radical (unpaired) electrons. The summed E-state index contributed by atoms with van der Waals surface area (Å²) in [6.07, 6.45) is 12.5. The van der Waals surface area contributed by atoms with Gasteiger partial charge in [-0.2, -0.15) is 0 Å². The Morgan fingerprint density at radius 3 is 2.27 bits per heavy atom. The molecule has 8 unspecified atom stereocenters. The van der Waals surface area contributed by atoms with Gasteiger partial charge in [-0.25, -0.2) is 0 Å². The molecule has 4 N–H and O–H groups in total. The molecule has 1 saturated heterocycles. The Hall–Kier alpha value is -0.00506. The second kappa shape index (κ2) is 11.8. The normalized spacial score (nSPS) is 41.1. The van der Waals surface area contributed by atoms with Gasteiger partial charge in [0, 0.05) is 19.0 Å². The molecule has 8 atom stereocenters. The molecule has 8 heteroatoms. The molecule has 33 heavy (non-hydrogen) atoms. The van der Waals surface area contributed by atoms with E-state index in [1.165, 1.54) is 25.7 Å². The summed E-state index contributed by atoms with van der Waals surface area (Å²) in [5.41, 5.74) is 5.95. The van der Waals surface area contributed by atoms with Crippen LogP contribution < -0.4 is 5.73 Å². The zero-order valence-corrected chi connectivity index (χ0v) is 21.5. The van der Waals surface area contributed by atoms with E-state index in [2.05, 4.69) is 4.90 Å². The highest BCUT2D eigenvalue weighted by Gasteiger charge is 2.45. The standard InChI is InChI=1S/C25H43BCl2N2O3/c27-23-14-20(13-22(24(23)28)19-5-2-6-21(12-19)26(32)33)25(31)30-9-7-17(8-10-30)18-4-1-3-16(11-18)15-29/h16-24,32-33H,1-15,29H2. The first kappa shape index (κ1) is 26.1.